The van der Waals surface area contributed by atoms with Crippen molar-refractivity contribution in [1.29, 1.82) is 0 Å². The molecule has 0 unspecified atom stereocenters. The second-order valence-electron chi connectivity index (χ2n) is 9.94. The van der Waals surface area contributed by atoms with Gasteiger partial charge in [0.05, 0.1) is 17.0 Å². The topological polar surface area (TPSA) is 99.6 Å². The Bertz CT molecular complexity index is 1340. The fraction of sp³-hybridized carbons (Fsp3) is 0.360. The molecule has 5 rings (SSSR count). The Morgan fingerprint density at radius 3 is 2.63 bits per heavy atom. The van der Waals surface area contributed by atoms with Crippen molar-refractivity contribution >= 4 is 46.4 Å². The summed E-state index contributed by atoms with van der Waals surface area (Å²) < 4.78 is 1.86. The minimum atomic E-state index is -0.351. The number of nitrogens with one attached hydrogen (secondary N) is 2. The van der Waals surface area contributed by atoms with Crippen LogP contribution in [0.5, 0.6) is 0 Å². The van der Waals surface area contributed by atoms with E-state index < -0.39 is 0 Å². The molecule has 35 heavy (non-hydrogen) atoms. The molecular weight excluding hydrogens is 464 g/mol. The van der Waals surface area contributed by atoms with Crippen molar-refractivity contribution in [2.75, 3.05) is 30.4 Å². The molecule has 0 fully saturated rings. The number of carbonyl (C=O) groups is 3. The number of anilines is 3. The lowest BCUT2D eigenvalue weighted by Crippen LogP contribution is -2.40. The zero-order valence-electron chi connectivity index (χ0n) is 20.2. The number of aromatic nitrogens is 2. The van der Waals surface area contributed by atoms with Crippen LogP contribution in [0.25, 0.3) is 0 Å². The van der Waals surface area contributed by atoms with Crippen LogP contribution < -0.4 is 15.5 Å². The van der Waals surface area contributed by atoms with E-state index in [2.05, 4.69) is 26.7 Å². The summed E-state index contributed by atoms with van der Waals surface area (Å²) >= 11 is 1.24. The molecule has 9 nitrogen and oxygen atoms in total. The Hall–Kier alpha value is -3.66. The van der Waals surface area contributed by atoms with Crippen molar-refractivity contribution in [2.45, 2.75) is 39.3 Å². The van der Waals surface area contributed by atoms with Crippen molar-refractivity contribution in [3.63, 3.8) is 0 Å². The molecule has 2 aliphatic heterocycles. The molecule has 2 N–H and O–H groups in total. The van der Waals surface area contributed by atoms with E-state index in [1.165, 1.54) is 11.3 Å². The maximum absolute atomic E-state index is 12.8. The van der Waals surface area contributed by atoms with Crippen LogP contribution in [0.3, 0.4) is 0 Å². The smallest absolute Gasteiger partial charge is 0.261 e. The third-order valence-electron chi connectivity index (χ3n) is 6.08. The summed E-state index contributed by atoms with van der Waals surface area (Å²) in [6.45, 7) is 7.91. The van der Waals surface area contributed by atoms with Crippen LogP contribution >= 0.6 is 11.3 Å². The zero-order chi connectivity index (χ0) is 24.9. The second kappa shape index (κ2) is 8.53. The Morgan fingerprint density at radius 2 is 1.86 bits per heavy atom. The average molecular weight is 493 g/mol. The van der Waals surface area contributed by atoms with E-state index >= 15 is 0 Å². The Labute approximate surface area is 207 Å². The molecule has 2 aliphatic rings. The van der Waals surface area contributed by atoms with Gasteiger partial charge in [-0.25, -0.2) is 4.68 Å². The van der Waals surface area contributed by atoms with Crippen LogP contribution in [-0.4, -0.2) is 58.1 Å². The lowest BCUT2D eigenvalue weighted by atomic mass is 9.98. The molecular formula is C25H28N6O3S. The number of likely N-dealkylation sites (N-methyl/N-ethyl adjacent to an activating group) is 1. The summed E-state index contributed by atoms with van der Waals surface area (Å²) in [5.41, 5.74) is 2.89. The van der Waals surface area contributed by atoms with Gasteiger partial charge in [0.1, 0.15) is 5.82 Å². The van der Waals surface area contributed by atoms with Crippen molar-refractivity contribution in [3.8, 4) is 0 Å². The first-order valence-electron chi connectivity index (χ1n) is 11.6. The maximum Gasteiger partial charge on any atom is 0.261 e. The number of amides is 3. The normalized spacial score (nSPS) is 15.1. The second-order valence-corrected chi connectivity index (χ2v) is 10.8. The molecule has 10 heteroatoms. The lowest BCUT2D eigenvalue weighted by Gasteiger charge is -2.26. The van der Waals surface area contributed by atoms with Crippen molar-refractivity contribution in [1.82, 2.24) is 20.0 Å². The molecule has 0 saturated carbocycles. The number of nitrogens with zero attached hydrogens (tertiary/aromatic N) is 4. The molecule has 0 radical (unpaired) electrons. The summed E-state index contributed by atoms with van der Waals surface area (Å²) in [7, 11) is 1.82. The molecule has 3 amide bonds. The summed E-state index contributed by atoms with van der Waals surface area (Å²) in [5.74, 6) is 0.889. The van der Waals surface area contributed by atoms with Gasteiger partial charge in [-0.05, 0) is 57.0 Å². The fourth-order valence-corrected chi connectivity index (χ4v) is 5.13. The van der Waals surface area contributed by atoms with Crippen molar-refractivity contribution in [3.05, 3.63) is 57.3 Å². The fourth-order valence-electron chi connectivity index (χ4n) is 4.34. The summed E-state index contributed by atoms with van der Waals surface area (Å²) in [6, 6.07) is 9.39. The van der Waals surface area contributed by atoms with Crippen LogP contribution in [0, 0.1) is 0 Å². The van der Waals surface area contributed by atoms with Gasteiger partial charge in [0.2, 0.25) is 0 Å². The first-order chi connectivity index (χ1) is 16.6. The van der Waals surface area contributed by atoms with E-state index in [1.807, 2.05) is 50.7 Å². The van der Waals surface area contributed by atoms with Crippen molar-refractivity contribution < 1.29 is 14.4 Å². The minimum Gasteiger partial charge on any atom is -0.347 e. The quantitative estimate of drug-likeness (QED) is 0.581. The number of carbonyl (C=O) groups excluding carboxylic acids is 3. The van der Waals surface area contributed by atoms with Crippen molar-refractivity contribution in [2.24, 2.45) is 0 Å². The van der Waals surface area contributed by atoms with E-state index in [1.54, 1.807) is 16.3 Å². The first kappa shape index (κ1) is 23.1. The highest BCUT2D eigenvalue weighted by Gasteiger charge is 2.27. The van der Waals surface area contributed by atoms with Gasteiger partial charge in [0.15, 0.2) is 5.82 Å². The molecule has 0 spiro atoms. The van der Waals surface area contributed by atoms with Gasteiger partial charge in [-0.3, -0.25) is 14.4 Å². The molecule has 3 aromatic rings. The maximum atomic E-state index is 12.8. The van der Waals surface area contributed by atoms with E-state index in [9.17, 15) is 14.4 Å². The van der Waals surface area contributed by atoms with Crippen LogP contribution in [0.1, 0.15) is 56.7 Å². The Morgan fingerprint density at radius 1 is 1.06 bits per heavy atom. The third kappa shape index (κ3) is 4.53. The zero-order valence-corrected chi connectivity index (χ0v) is 21.0. The van der Waals surface area contributed by atoms with Crippen LogP contribution in [-0.2, 0) is 13.0 Å². The number of fused-ring (bicyclic) bond motifs is 2. The van der Waals surface area contributed by atoms with E-state index in [-0.39, 0.29) is 23.3 Å². The highest BCUT2D eigenvalue weighted by Crippen LogP contribution is 2.34. The predicted octanol–water partition coefficient (Wildman–Crippen LogP) is 3.51. The molecule has 0 aliphatic carbocycles. The third-order valence-corrected chi connectivity index (χ3v) is 7.01. The number of rotatable bonds is 4. The first-order valence-corrected chi connectivity index (χ1v) is 12.4. The molecule has 0 saturated heterocycles. The number of hydrogen-bond donors (Lipinski definition) is 2. The monoisotopic (exact) mass is 492 g/mol. The highest BCUT2D eigenvalue weighted by molar-refractivity contribution is 7.12. The van der Waals surface area contributed by atoms with E-state index in [0.29, 0.717) is 29.3 Å². The summed E-state index contributed by atoms with van der Waals surface area (Å²) in [5, 5.41) is 12.0. The summed E-state index contributed by atoms with van der Waals surface area (Å²) in [6.07, 6.45) is 0.830. The van der Waals surface area contributed by atoms with E-state index in [4.69, 9.17) is 0 Å². The van der Waals surface area contributed by atoms with Crippen LogP contribution in [0.15, 0.2) is 35.7 Å². The van der Waals surface area contributed by atoms with Gasteiger partial charge in [-0.1, -0.05) is 0 Å². The van der Waals surface area contributed by atoms with Gasteiger partial charge < -0.3 is 20.4 Å². The number of hydrogen-bond acceptors (Lipinski definition) is 6. The molecule has 2 aromatic heterocycles. The van der Waals surface area contributed by atoms with Crippen LogP contribution in [0.2, 0.25) is 0 Å². The van der Waals surface area contributed by atoms with Gasteiger partial charge in [-0.2, -0.15) is 5.10 Å². The largest absolute Gasteiger partial charge is 0.347 e. The van der Waals surface area contributed by atoms with Gasteiger partial charge in [0.25, 0.3) is 17.7 Å². The van der Waals surface area contributed by atoms with Gasteiger partial charge in [0, 0.05) is 48.4 Å². The van der Waals surface area contributed by atoms with Gasteiger partial charge in [-0.15, -0.1) is 11.3 Å². The standard InChI is InChI=1S/C25H28N6O3S/c1-25(2,3)27-23(33)19-12-16(14-35-19)22(32)26-20-13-21-30(9-10-31(21)28-20)17-5-6-18-15(11-17)7-8-29(4)24(18)34/h5-6,11-14H,7-10H2,1-4H3,(H,27,33)(H,26,28,32). The molecule has 0 atom stereocenters. The Balaban J connectivity index is 1.30. The van der Waals surface area contributed by atoms with Crippen LogP contribution in [0.4, 0.5) is 17.3 Å². The SMILES string of the molecule is CN1CCc2cc(N3CCn4nc(NC(=O)c5csc(C(=O)NC(C)(C)C)c5)cc43)ccc2C1=O. The van der Waals surface area contributed by atoms with E-state index in [0.717, 1.165) is 35.6 Å². The highest BCUT2D eigenvalue weighted by atomic mass is 32.1. The molecule has 4 heterocycles. The minimum absolute atomic E-state index is 0.0572. The molecule has 182 valence electrons. The predicted molar refractivity (Wildman–Crippen MR) is 136 cm³/mol. The van der Waals surface area contributed by atoms with Gasteiger partial charge >= 0.3 is 0 Å². The number of benzene rings is 1. The summed E-state index contributed by atoms with van der Waals surface area (Å²) in [4.78, 5) is 41.9. The lowest BCUT2D eigenvalue weighted by molar-refractivity contribution is 0.0780. The Kier molecular flexibility index (Phi) is 5.63. The molecule has 0 bridgehead atoms. The number of thiophene rings is 1. The average Bonchev–Trinajstić information content (AvgIpc) is 3.51. The molecule has 1 aromatic carbocycles.